The van der Waals surface area contributed by atoms with Gasteiger partial charge < -0.3 is 19.7 Å². The number of nitrogens with zero attached hydrogens (tertiary/aromatic N) is 5. The first-order valence-corrected chi connectivity index (χ1v) is 10.1. The molecule has 2 amide bonds. The molecule has 1 aliphatic rings. The summed E-state index contributed by atoms with van der Waals surface area (Å²) in [7, 11) is 5.71. The van der Waals surface area contributed by atoms with Gasteiger partial charge in [0.25, 0.3) is 11.8 Å². The minimum absolute atomic E-state index is 0.144. The summed E-state index contributed by atoms with van der Waals surface area (Å²) in [5.74, 6) is 0.0280. The number of rotatable bonds is 8. The Morgan fingerprint density at radius 2 is 1.90 bits per heavy atom. The lowest BCUT2D eigenvalue weighted by atomic mass is 10.1. The van der Waals surface area contributed by atoms with Gasteiger partial charge in [0, 0.05) is 45.6 Å². The number of carbonyl (C=O) groups excluding carboxylic acids is 2. The van der Waals surface area contributed by atoms with E-state index in [0.717, 1.165) is 50.0 Å². The summed E-state index contributed by atoms with van der Waals surface area (Å²) in [5.41, 5.74) is 2.41. The molecular formula is C21H30N6O2. The number of amides is 2. The maximum atomic E-state index is 13.1. The Kier molecular flexibility index (Phi) is 6.98. The van der Waals surface area contributed by atoms with Gasteiger partial charge in [-0.25, -0.2) is 4.98 Å². The summed E-state index contributed by atoms with van der Waals surface area (Å²) in [6.45, 7) is 2.61. The van der Waals surface area contributed by atoms with E-state index < -0.39 is 0 Å². The second kappa shape index (κ2) is 9.65. The fourth-order valence-corrected chi connectivity index (χ4v) is 3.48. The Morgan fingerprint density at radius 3 is 2.62 bits per heavy atom. The van der Waals surface area contributed by atoms with Crippen LogP contribution in [0.25, 0.3) is 0 Å². The Balaban J connectivity index is 1.73. The molecule has 3 heterocycles. The third-order valence-corrected chi connectivity index (χ3v) is 5.20. The molecule has 0 aromatic carbocycles. The zero-order valence-electron chi connectivity index (χ0n) is 17.5. The quantitative estimate of drug-likeness (QED) is 0.723. The molecule has 0 bridgehead atoms. The molecule has 0 saturated heterocycles. The Hall–Kier alpha value is -2.74. The van der Waals surface area contributed by atoms with Crippen LogP contribution >= 0.6 is 0 Å². The van der Waals surface area contributed by atoms with Gasteiger partial charge in [0.05, 0.1) is 5.69 Å². The van der Waals surface area contributed by atoms with Crippen molar-refractivity contribution in [2.45, 2.75) is 32.2 Å². The maximum absolute atomic E-state index is 13.1. The van der Waals surface area contributed by atoms with Gasteiger partial charge in [-0.1, -0.05) is 0 Å². The van der Waals surface area contributed by atoms with Crippen LogP contribution in [0.3, 0.4) is 0 Å². The second-order valence-electron chi connectivity index (χ2n) is 7.73. The van der Waals surface area contributed by atoms with Crippen molar-refractivity contribution in [2.75, 3.05) is 40.8 Å². The molecule has 0 spiro atoms. The largest absolute Gasteiger partial charge is 0.349 e. The zero-order valence-corrected chi connectivity index (χ0v) is 17.5. The molecule has 0 aliphatic carbocycles. The lowest BCUT2D eigenvalue weighted by Gasteiger charge is -2.20. The van der Waals surface area contributed by atoms with Crippen LogP contribution in [0.4, 0.5) is 0 Å². The minimum atomic E-state index is -0.198. The Labute approximate surface area is 171 Å². The molecule has 8 heteroatoms. The maximum Gasteiger partial charge on any atom is 0.289 e. The van der Waals surface area contributed by atoms with Crippen LogP contribution in [0.2, 0.25) is 0 Å². The molecule has 0 saturated carbocycles. The Morgan fingerprint density at radius 1 is 1.14 bits per heavy atom. The average molecular weight is 399 g/mol. The van der Waals surface area contributed by atoms with Crippen LogP contribution in [-0.2, 0) is 19.4 Å². The molecule has 29 heavy (non-hydrogen) atoms. The molecule has 0 unspecified atom stereocenters. The van der Waals surface area contributed by atoms with E-state index in [2.05, 4.69) is 15.3 Å². The molecule has 2 aromatic heterocycles. The molecular weight excluding hydrogens is 368 g/mol. The number of likely N-dealkylation sites (N-methyl/N-ethyl adjacent to an activating group) is 2. The first kappa shape index (κ1) is 21.0. The fourth-order valence-electron chi connectivity index (χ4n) is 3.48. The third kappa shape index (κ3) is 5.20. The number of aromatic nitrogens is 3. The van der Waals surface area contributed by atoms with Gasteiger partial charge in [-0.15, -0.1) is 0 Å². The van der Waals surface area contributed by atoms with Crippen LogP contribution in [0.5, 0.6) is 0 Å². The van der Waals surface area contributed by atoms with Crippen molar-refractivity contribution in [2.24, 2.45) is 0 Å². The summed E-state index contributed by atoms with van der Waals surface area (Å²) in [5, 5.41) is 2.92. The molecule has 8 nitrogen and oxygen atoms in total. The van der Waals surface area contributed by atoms with Gasteiger partial charge >= 0.3 is 0 Å². The topological polar surface area (TPSA) is 83.4 Å². The van der Waals surface area contributed by atoms with Gasteiger partial charge in [-0.05, 0) is 57.5 Å². The summed E-state index contributed by atoms with van der Waals surface area (Å²) >= 11 is 0. The molecule has 1 N–H and O–H groups in total. The van der Waals surface area contributed by atoms with Crippen LogP contribution < -0.4 is 5.32 Å². The van der Waals surface area contributed by atoms with E-state index >= 15 is 0 Å². The van der Waals surface area contributed by atoms with E-state index in [9.17, 15) is 9.59 Å². The zero-order chi connectivity index (χ0) is 20.8. The second-order valence-corrected chi connectivity index (χ2v) is 7.73. The number of pyridine rings is 1. The van der Waals surface area contributed by atoms with Crippen molar-refractivity contribution in [3.63, 3.8) is 0 Å². The summed E-state index contributed by atoms with van der Waals surface area (Å²) in [4.78, 5) is 38.0. The van der Waals surface area contributed by atoms with E-state index in [-0.39, 0.29) is 11.8 Å². The first-order chi connectivity index (χ1) is 14.0. The molecule has 156 valence electrons. The number of nitrogens with one attached hydrogen (secondary N) is 1. The number of hydrogen-bond donors (Lipinski definition) is 1. The number of imidazole rings is 1. The van der Waals surface area contributed by atoms with Gasteiger partial charge in [-0.2, -0.15) is 0 Å². The van der Waals surface area contributed by atoms with Crippen LogP contribution in [0.15, 0.2) is 24.5 Å². The molecule has 0 fully saturated rings. The van der Waals surface area contributed by atoms with Gasteiger partial charge in [0.1, 0.15) is 5.69 Å². The number of hydrogen-bond acceptors (Lipinski definition) is 5. The third-order valence-electron chi connectivity index (χ3n) is 5.20. The number of carbonyl (C=O) groups is 2. The van der Waals surface area contributed by atoms with E-state index in [1.165, 1.54) is 0 Å². The van der Waals surface area contributed by atoms with Crippen molar-refractivity contribution < 1.29 is 9.59 Å². The molecule has 0 atom stereocenters. The standard InChI is InChI=1S/C21H30N6O2/c1-25(2)15-12-23-20(28)18-17-6-4-5-13-27(17)19(24-18)21(29)26(3)14-9-16-7-10-22-11-8-16/h7-8,10-11H,4-6,9,12-15H2,1-3H3,(H,23,28). The van der Waals surface area contributed by atoms with Crippen LogP contribution in [-0.4, -0.2) is 76.9 Å². The lowest BCUT2D eigenvalue weighted by Crippen LogP contribution is -2.32. The van der Waals surface area contributed by atoms with Crippen molar-refractivity contribution in [3.8, 4) is 0 Å². The monoisotopic (exact) mass is 398 g/mol. The van der Waals surface area contributed by atoms with Crippen LogP contribution in [0.1, 0.15) is 45.2 Å². The highest BCUT2D eigenvalue weighted by molar-refractivity contribution is 5.97. The Bertz CT molecular complexity index is 846. The van der Waals surface area contributed by atoms with Crippen molar-refractivity contribution in [3.05, 3.63) is 47.3 Å². The summed E-state index contributed by atoms with van der Waals surface area (Å²) in [6.07, 6.45) is 7.03. The highest BCUT2D eigenvalue weighted by atomic mass is 16.2. The van der Waals surface area contributed by atoms with Gasteiger partial charge in [0.15, 0.2) is 5.82 Å². The highest BCUT2D eigenvalue weighted by Gasteiger charge is 2.28. The molecule has 0 radical (unpaired) electrons. The van der Waals surface area contributed by atoms with E-state index in [1.54, 1.807) is 24.3 Å². The summed E-state index contributed by atoms with van der Waals surface area (Å²) in [6, 6.07) is 3.90. The van der Waals surface area contributed by atoms with Gasteiger partial charge in [0.2, 0.25) is 0 Å². The van der Waals surface area contributed by atoms with Crippen molar-refractivity contribution in [1.29, 1.82) is 0 Å². The van der Waals surface area contributed by atoms with Crippen molar-refractivity contribution in [1.82, 2.24) is 29.7 Å². The summed E-state index contributed by atoms with van der Waals surface area (Å²) < 4.78 is 1.94. The van der Waals surface area contributed by atoms with Crippen molar-refractivity contribution >= 4 is 11.8 Å². The number of fused-ring (bicyclic) bond motifs is 1. The lowest BCUT2D eigenvalue weighted by molar-refractivity contribution is 0.0778. The van der Waals surface area contributed by atoms with Crippen LogP contribution in [0, 0.1) is 0 Å². The average Bonchev–Trinajstić information content (AvgIpc) is 3.11. The van der Waals surface area contributed by atoms with E-state index in [1.807, 2.05) is 35.7 Å². The predicted octanol–water partition coefficient (Wildman–Crippen LogP) is 1.22. The molecule has 3 rings (SSSR count). The predicted molar refractivity (Wildman–Crippen MR) is 111 cm³/mol. The van der Waals surface area contributed by atoms with E-state index in [0.29, 0.717) is 24.6 Å². The van der Waals surface area contributed by atoms with E-state index in [4.69, 9.17) is 0 Å². The normalized spacial score (nSPS) is 13.2. The SMILES string of the molecule is CN(C)CCNC(=O)c1nc(C(=O)N(C)CCc2ccncc2)n2c1CCCC2. The molecule has 1 aliphatic heterocycles. The minimum Gasteiger partial charge on any atom is -0.349 e. The highest BCUT2D eigenvalue weighted by Crippen LogP contribution is 2.22. The fraction of sp³-hybridized carbons (Fsp3) is 0.524. The smallest absolute Gasteiger partial charge is 0.289 e. The molecule has 2 aromatic rings. The first-order valence-electron chi connectivity index (χ1n) is 10.1. The van der Waals surface area contributed by atoms with Gasteiger partial charge in [-0.3, -0.25) is 14.6 Å².